The summed E-state index contributed by atoms with van der Waals surface area (Å²) in [6, 6.07) is 3.01. The minimum atomic E-state index is -0.524. The zero-order chi connectivity index (χ0) is 15.6. The molecule has 1 aromatic carbocycles. The molecule has 0 aliphatic heterocycles. The van der Waals surface area contributed by atoms with E-state index in [0.717, 1.165) is 19.3 Å². The summed E-state index contributed by atoms with van der Waals surface area (Å²) >= 11 is 6.10. The summed E-state index contributed by atoms with van der Waals surface area (Å²) in [6.45, 7) is 2.33. The van der Waals surface area contributed by atoms with Crippen molar-refractivity contribution in [3.8, 4) is 0 Å². The van der Waals surface area contributed by atoms with Crippen LogP contribution in [-0.4, -0.2) is 35.4 Å². The van der Waals surface area contributed by atoms with Crippen molar-refractivity contribution in [2.45, 2.75) is 32.2 Å². The molecule has 0 saturated heterocycles. The Kier molecular flexibility index (Phi) is 4.67. The van der Waals surface area contributed by atoms with Crippen LogP contribution in [0, 0.1) is 10.1 Å². The Morgan fingerprint density at radius 1 is 1.52 bits per heavy atom. The van der Waals surface area contributed by atoms with Gasteiger partial charge in [-0.15, -0.1) is 0 Å². The molecule has 0 aromatic heterocycles. The second-order valence-corrected chi connectivity index (χ2v) is 5.55. The molecule has 1 aliphatic rings. The summed E-state index contributed by atoms with van der Waals surface area (Å²) in [4.78, 5) is 24.7. The first kappa shape index (κ1) is 15.6. The lowest BCUT2D eigenvalue weighted by Gasteiger charge is -2.34. The van der Waals surface area contributed by atoms with Crippen LogP contribution >= 0.6 is 11.6 Å². The van der Waals surface area contributed by atoms with E-state index in [1.165, 1.54) is 12.1 Å². The number of carbonyl (C=O) groups is 1. The lowest BCUT2D eigenvalue weighted by atomic mass is 9.91. The van der Waals surface area contributed by atoms with Crippen molar-refractivity contribution in [3.05, 3.63) is 32.8 Å². The van der Waals surface area contributed by atoms with Crippen LogP contribution in [0.4, 0.5) is 11.4 Å². The number of nitrogens with zero attached hydrogens (tertiary/aromatic N) is 2. The van der Waals surface area contributed by atoms with E-state index in [-0.39, 0.29) is 33.9 Å². The normalized spacial score (nSPS) is 14.4. The fourth-order valence-corrected chi connectivity index (χ4v) is 2.64. The Morgan fingerprint density at radius 3 is 2.67 bits per heavy atom. The van der Waals surface area contributed by atoms with Gasteiger partial charge in [-0.2, -0.15) is 0 Å². The van der Waals surface area contributed by atoms with Crippen molar-refractivity contribution in [1.82, 2.24) is 4.90 Å². The van der Waals surface area contributed by atoms with E-state index in [1.807, 2.05) is 6.92 Å². The fraction of sp³-hybridized carbons (Fsp3) is 0.500. The number of nitro benzene ring substituents is 1. The van der Waals surface area contributed by atoms with Crippen LogP contribution in [-0.2, 0) is 0 Å². The summed E-state index contributed by atoms with van der Waals surface area (Å²) in [7, 11) is 1.73. The van der Waals surface area contributed by atoms with Crippen LogP contribution in [0.2, 0.25) is 5.02 Å². The maximum atomic E-state index is 12.4. The van der Waals surface area contributed by atoms with Gasteiger partial charge in [0.05, 0.1) is 9.95 Å². The van der Waals surface area contributed by atoms with Crippen molar-refractivity contribution < 1.29 is 9.72 Å². The summed E-state index contributed by atoms with van der Waals surface area (Å²) in [5.74, 6) is -0.229. The van der Waals surface area contributed by atoms with Crippen molar-refractivity contribution in [2.75, 3.05) is 18.9 Å². The van der Waals surface area contributed by atoms with E-state index >= 15 is 0 Å². The first-order valence-corrected chi connectivity index (χ1v) is 7.32. The standard InChI is InChI=1S/C14H18ClN3O3/c1-3-16-13-11(15)7-9(8-12(13)18(20)21)14(19)17(2)10-5-4-6-10/h7-8,10,16H,3-6H2,1-2H3. The Labute approximate surface area is 128 Å². The second-order valence-electron chi connectivity index (χ2n) is 5.14. The molecular formula is C14H18ClN3O3. The van der Waals surface area contributed by atoms with Gasteiger partial charge < -0.3 is 10.2 Å². The lowest BCUT2D eigenvalue weighted by molar-refractivity contribution is -0.384. The van der Waals surface area contributed by atoms with Crippen molar-refractivity contribution in [2.24, 2.45) is 0 Å². The molecule has 1 N–H and O–H groups in total. The number of halogens is 1. The smallest absolute Gasteiger partial charge is 0.294 e. The zero-order valence-corrected chi connectivity index (χ0v) is 12.8. The Hall–Kier alpha value is -1.82. The average Bonchev–Trinajstić information content (AvgIpc) is 2.37. The molecule has 0 bridgehead atoms. The largest absolute Gasteiger partial charge is 0.379 e. The van der Waals surface area contributed by atoms with Crippen LogP contribution < -0.4 is 5.32 Å². The van der Waals surface area contributed by atoms with E-state index in [9.17, 15) is 14.9 Å². The van der Waals surface area contributed by atoms with Gasteiger partial charge in [0, 0.05) is 31.3 Å². The number of carbonyl (C=O) groups excluding carboxylic acids is 1. The molecule has 7 heteroatoms. The number of hydrogen-bond acceptors (Lipinski definition) is 4. The molecule has 0 unspecified atom stereocenters. The molecule has 114 valence electrons. The van der Waals surface area contributed by atoms with Gasteiger partial charge in [0.25, 0.3) is 11.6 Å². The van der Waals surface area contributed by atoms with E-state index in [4.69, 9.17) is 11.6 Å². The fourth-order valence-electron chi connectivity index (χ4n) is 2.35. The van der Waals surface area contributed by atoms with Gasteiger partial charge in [0.2, 0.25) is 0 Å². The molecule has 1 aromatic rings. The third-order valence-electron chi connectivity index (χ3n) is 3.81. The molecule has 1 aliphatic carbocycles. The van der Waals surface area contributed by atoms with E-state index in [1.54, 1.807) is 11.9 Å². The number of rotatable bonds is 5. The Balaban J connectivity index is 2.36. The van der Waals surface area contributed by atoms with E-state index in [0.29, 0.717) is 6.54 Å². The van der Waals surface area contributed by atoms with Gasteiger partial charge in [-0.05, 0) is 32.3 Å². The third-order valence-corrected chi connectivity index (χ3v) is 4.11. The van der Waals surface area contributed by atoms with Crippen LogP contribution in [0.15, 0.2) is 12.1 Å². The molecule has 1 saturated carbocycles. The zero-order valence-electron chi connectivity index (χ0n) is 12.1. The van der Waals surface area contributed by atoms with E-state index < -0.39 is 4.92 Å². The summed E-state index contributed by atoms with van der Waals surface area (Å²) in [5, 5.41) is 14.2. The highest BCUT2D eigenvalue weighted by Crippen LogP contribution is 2.34. The van der Waals surface area contributed by atoms with Gasteiger partial charge in [0.15, 0.2) is 0 Å². The molecule has 0 atom stereocenters. The predicted octanol–water partition coefficient (Wildman–Crippen LogP) is 3.30. The first-order chi connectivity index (χ1) is 9.95. The van der Waals surface area contributed by atoms with Crippen LogP contribution in [0.1, 0.15) is 36.5 Å². The number of nitro groups is 1. The van der Waals surface area contributed by atoms with E-state index in [2.05, 4.69) is 5.32 Å². The highest BCUT2D eigenvalue weighted by atomic mass is 35.5. The molecule has 0 radical (unpaired) electrons. The van der Waals surface area contributed by atoms with Crippen LogP contribution in [0.25, 0.3) is 0 Å². The topological polar surface area (TPSA) is 75.5 Å². The minimum absolute atomic E-state index is 0.172. The van der Waals surface area contributed by atoms with Gasteiger partial charge in [-0.25, -0.2) is 0 Å². The van der Waals surface area contributed by atoms with Crippen LogP contribution in [0.5, 0.6) is 0 Å². The van der Waals surface area contributed by atoms with Crippen LogP contribution in [0.3, 0.4) is 0 Å². The quantitative estimate of drug-likeness (QED) is 0.668. The van der Waals surface area contributed by atoms with Crippen molar-refractivity contribution >= 4 is 28.9 Å². The molecular weight excluding hydrogens is 294 g/mol. The molecule has 21 heavy (non-hydrogen) atoms. The summed E-state index contributed by atoms with van der Waals surface area (Å²) in [6.07, 6.45) is 3.07. The highest BCUT2D eigenvalue weighted by Gasteiger charge is 2.28. The number of benzene rings is 1. The number of nitrogens with one attached hydrogen (secondary N) is 1. The first-order valence-electron chi connectivity index (χ1n) is 6.94. The predicted molar refractivity (Wildman–Crippen MR) is 82.0 cm³/mol. The average molecular weight is 312 g/mol. The minimum Gasteiger partial charge on any atom is -0.379 e. The molecule has 0 heterocycles. The second kappa shape index (κ2) is 6.30. The Morgan fingerprint density at radius 2 is 2.19 bits per heavy atom. The monoisotopic (exact) mass is 311 g/mol. The maximum absolute atomic E-state index is 12.4. The number of hydrogen-bond donors (Lipinski definition) is 1. The third kappa shape index (κ3) is 3.10. The summed E-state index contributed by atoms with van der Waals surface area (Å²) < 4.78 is 0. The highest BCUT2D eigenvalue weighted by molar-refractivity contribution is 6.34. The SMILES string of the molecule is CCNc1c(Cl)cc(C(=O)N(C)C2CCC2)cc1[N+](=O)[O-]. The Bertz CT molecular complexity index is 573. The lowest BCUT2D eigenvalue weighted by Crippen LogP contribution is -2.41. The maximum Gasteiger partial charge on any atom is 0.294 e. The molecule has 1 fully saturated rings. The molecule has 6 nitrogen and oxygen atoms in total. The molecule has 0 spiro atoms. The van der Waals surface area contributed by atoms with Gasteiger partial charge in [0.1, 0.15) is 5.69 Å². The number of anilines is 1. The van der Waals surface area contributed by atoms with Gasteiger partial charge >= 0.3 is 0 Å². The number of amides is 1. The van der Waals surface area contributed by atoms with Crippen molar-refractivity contribution in [1.29, 1.82) is 0 Å². The van der Waals surface area contributed by atoms with Gasteiger partial charge in [-0.3, -0.25) is 14.9 Å². The molecule has 2 rings (SSSR count). The van der Waals surface area contributed by atoms with Gasteiger partial charge in [-0.1, -0.05) is 11.6 Å². The molecule has 1 amide bonds. The summed E-state index contributed by atoms with van der Waals surface area (Å²) in [5.41, 5.74) is 0.337. The van der Waals surface area contributed by atoms with Crippen molar-refractivity contribution in [3.63, 3.8) is 0 Å².